The predicted molar refractivity (Wildman–Crippen MR) is 86.9 cm³/mol. The average Bonchev–Trinajstić information content (AvgIpc) is 3.03. The van der Waals surface area contributed by atoms with Crippen molar-refractivity contribution in [1.29, 1.82) is 0 Å². The van der Waals surface area contributed by atoms with Crippen LogP contribution in [0.15, 0.2) is 29.4 Å². The number of fused-ring (bicyclic) bond motifs is 1. The molecule has 0 saturated carbocycles. The van der Waals surface area contributed by atoms with Crippen molar-refractivity contribution in [1.82, 2.24) is 14.3 Å². The molecule has 6 nitrogen and oxygen atoms in total. The maximum absolute atomic E-state index is 14.1. The zero-order chi connectivity index (χ0) is 17.3. The molecule has 0 amide bonds. The number of aromatic nitrogens is 2. The molecule has 8 heteroatoms. The first-order chi connectivity index (χ1) is 11.4. The van der Waals surface area contributed by atoms with Crippen LogP contribution in [0, 0.1) is 18.7 Å². The van der Waals surface area contributed by atoms with E-state index in [2.05, 4.69) is 9.71 Å². The largest absolute Gasteiger partial charge is 0.494 e. The number of hydrogen-bond acceptors (Lipinski definition) is 4. The van der Waals surface area contributed by atoms with Crippen LogP contribution in [-0.4, -0.2) is 31.6 Å². The quantitative estimate of drug-likeness (QED) is 0.891. The summed E-state index contributed by atoms with van der Waals surface area (Å²) < 4.78 is 48.6. The number of imidazole rings is 1. The van der Waals surface area contributed by atoms with E-state index in [0.717, 1.165) is 25.2 Å². The number of halogens is 1. The van der Waals surface area contributed by atoms with Gasteiger partial charge in [-0.1, -0.05) is 0 Å². The summed E-state index contributed by atoms with van der Waals surface area (Å²) in [6.07, 6.45) is 5.36. The first-order valence-electron chi connectivity index (χ1n) is 7.75. The summed E-state index contributed by atoms with van der Waals surface area (Å²) >= 11 is 0. The van der Waals surface area contributed by atoms with Crippen LogP contribution in [0.25, 0.3) is 0 Å². The lowest BCUT2D eigenvalue weighted by Crippen LogP contribution is -2.34. The molecule has 1 N–H and O–H groups in total. The normalized spacial score (nSPS) is 17.5. The molecule has 3 rings (SSSR count). The third kappa shape index (κ3) is 3.16. The summed E-state index contributed by atoms with van der Waals surface area (Å²) in [7, 11) is -2.43. The number of ether oxygens (including phenoxy) is 1. The van der Waals surface area contributed by atoms with Gasteiger partial charge in [-0.05, 0) is 31.4 Å². The van der Waals surface area contributed by atoms with Crippen molar-refractivity contribution < 1.29 is 17.5 Å². The monoisotopic (exact) mass is 353 g/mol. The van der Waals surface area contributed by atoms with E-state index in [1.54, 1.807) is 6.20 Å². The van der Waals surface area contributed by atoms with Crippen molar-refractivity contribution in [3.63, 3.8) is 0 Å². The first kappa shape index (κ1) is 16.9. The van der Waals surface area contributed by atoms with Gasteiger partial charge in [0.25, 0.3) is 0 Å². The molecule has 1 atom stereocenters. The molecule has 0 saturated heterocycles. The molecular weight excluding hydrogens is 333 g/mol. The number of sulfonamides is 1. The number of benzene rings is 1. The molecule has 2 heterocycles. The highest BCUT2D eigenvalue weighted by molar-refractivity contribution is 7.89. The average molecular weight is 353 g/mol. The van der Waals surface area contributed by atoms with Crippen molar-refractivity contribution in [2.75, 3.05) is 13.7 Å². The molecule has 1 aromatic heterocycles. The smallest absolute Gasteiger partial charge is 0.240 e. The van der Waals surface area contributed by atoms with Gasteiger partial charge in [0.05, 0.1) is 12.0 Å². The molecule has 2 aromatic rings. The molecule has 1 unspecified atom stereocenters. The van der Waals surface area contributed by atoms with Crippen molar-refractivity contribution >= 4 is 10.0 Å². The second kappa shape index (κ2) is 6.52. The molecule has 1 aliphatic heterocycles. The zero-order valence-electron chi connectivity index (χ0n) is 13.6. The van der Waals surface area contributed by atoms with E-state index in [1.165, 1.54) is 26.2 Å². The van der Waals surface area contributed by atoms with Gasteiger partial charge in [-0.25, -0.2) is 22.5 Å². The van der Waals surface area contributed by atoms with Crippen LogP contribution in [-0.2, 0) is 23.0 Å². The number of rotatable bonds is 5. The number of hydrogen-bond donors (Lipinski definition) is 1. The van der Waals surface area contributed by atoms with Gasteiger partial charge in [0.2, 0.25) is 10.0 Å². The third-order valence-corrected chi connectivity index (χ3v) is 5.97. The lowest BCUT2D eigenvalue weighted by Gasteiger charge is -2.24. The van der Waals surface area contributed by atoms with Crippen LogP contribution in [0.2, 0.25) is 0 Å². The predicted octanol–water partition coefficient (Wildman–Crippen LogP) is 1.88. The highest BCUT2D eigenvalue weighted by Crippen LogP contribution is 2.26. The molecule has 0 radical (unpaired) electrons. The fraction of sp³-hybridized carbons (Fsp3) is 0.438. The summed E-state index contributed by atoms with van der Waals surface area (Å²) in [5, 5.41) is 0. The Hall–Kier alpha value is -1.93. The summed E-state index contributed by atoms with van der Waals surface area (Å²) in [6.45, 7) is 2.48. The molecule has 0 fully saturated rings. The Balaban J connectivity index is 1.72. The Kier molecular flexibility index (Phi) is 4.60. The van der Waals surface area contributed by atoms with Crippen LogP contribution >= 0.6 is 0 Å². The summed E-state index contributed by atoms with van der Waals surface area (Å²) in [6, 6.07) is 2.70. The SMILES string of the molecule is COc1ccc(S(=O)(=O)NCC2CCc3nccn3C2)c(C)c1F. The molecular formula is C16H20FN3O3S. The van der Waals surface area contributed by atoms with E-state index < -0.39 is 15.8 Å². The minimum atomic E-state index is -3.77. The maximum Gasteiger partial charge on any atom is 0.240 e. The Morgan fingerprint density at radius 3 is 3.00 bits per heavy atom. The molecule has 0 bridgehead atoms. The van der Waals surface area contributed by atoms with Crippen LogP contribution in [0.3, 0.4) is 0 Å². The third-order valence-electron chi connectivity index (χ3n) is 4.41. The lowest BCUT2D eigenvalue weighted by molar-refractivity contribution is 0.363. The topological polar surface area (TPSA) is 73.2 Å². The van der Waals surface area contributed by atoms with Gasteiger partial charge >= 0.3 is 0 Å². The number of nitrogens with zero attached hydrogens (tertiary/aromatic N) is 2. The number of aryl methyl sites for hydroxylation is 1. The van der Waals surface area contributed by atoms with Gasteiger partial charge in [0.1, 0.15) is 5.82 Å². The van der Waals surface area contributed by atoms with E-state index >= 15 is 0 Å². The van der Waals surface area contributed by atoms with E-state index in [9.17, 15) is 12.8 Å². The fourth-order valence-electron chi connectivity index (χ4n) is 3.00. The fourth-order valence-corrected chi connectivity index (χ4v) is 4.35. The molecule has 130 valence electrons. The van der Waals surface area contributed by atoms with Gasteiger partial charge in [-0.2, -0.15) is 0 Å². The second-order valence-electron chi connectivity index (χ2n) is 5.96. The highest BCUT2D eigenvalue weighted by Gasteiger charge is 2.24. The maximum atomic E-state index is 14.1. The minimum absolute atomic E-state index is 0.0337. The second-order valence-corrected chi connectivity index (χ2v) is 7.69. The van der Waals surface area contributed by atoms with Crippen LogP contribution in [0.1, 0.15) is 17.8 Å². The van der Waals surface area contributed by atoms with E-state index in [4.69, 9.17) is 4.74 Å². The van der Waals surface area contributed by atoms with E-state index in [-0.39, 0.29) is 22.1 Å². The van der Waals surface area contributed by atoms with Crippen LogP contribution < -0.4 is 9.46 Å². The van der Waals surface area contributed by atoms with E-state index in [0.29, 0.717) is 6.54 Å². The lowest BCUT2D eigenvalue weighted by atomic mass is 10.00. The number of methoxy groups -OCH3 is 1. The van der Waals surface area contributed by atoms with E-state index in [1.807, 2.05) is 10.8 Å². The number of nitrogens with one attached hydrogen (secondary N) is 1. The van der Waals surface area contributed by atoms with Crippen molar-refractivity contribution in [2.45, 2.75) is 31.2 Å². The standard InChI is InChI=1S/C16H20FN3O3S/c1-11-14(5-4-13(23-2)16(11)17)24(21,22)19-9-12-3-6-15-18-7-8-20(15)10-12/h4-5,7-8,12,19H,3,6,9-10H2,1-2H3. The molecule has 24 heavy (non-hydrogen) atoms. The van der Waals surface area contributed by atoms with Crippen molar-refractivity contribution in [3.05, 3.63) is 41.7 Å². The van der Waals surface area contributed by atoms with Gasteiger partial charge in [0.15, 0.2) is 11.6 Å². The van der Waals surface area contributed by atoms with Crippen LogP contribution in [0.4, 0.5) is 4.39 Å². The molecule has 1 aliphatic rings. The van der Waals surface area contributed by atoms with Gasteiger partial charge in [-0.15, -0.1) is 0 Å². The first-order valence-corrected chi connectivity index (χ1v) is 9.23. The molecule has 0 spiro atoms. The zero-order valence-corrected chi connectivity index (χ0v) is 14.4. The molecule has 1 aromatic carbocycles. The summed E-state index contributed by atoms with van der Waals surface area (Å²) in [4.78, 5) is 4.20. The summed E-state index contributed by atoms with van der Waals surface area (Å²) in [5.41, 5.74) is 0.0578. The Labute approximate surface area is 140 Å². The van der Waals surface area contributed by atoms with Gasteiger partial charge in [0, 0.05) is 37.5 Å². The Bertz CT molecular complexity index is 848. The Morgan fingerprint density at radius 2 is 2.25 bits per heavy atom. The van der Waals surface area contributed by atoms with Gasteiger partial charge in [-0.3, -0.25) is 0 Å². The van der Waals surface area contributed by atoms with Crippen molar-refractivity contribution in [3.8, 4) is 5.75 Å². The summed E-state index contributed by atoms with van der Waals surface area (Å²) in [5.74, 6) is 0.597. The van der Waals surface area contributed by atoms with Gasteiger partial charge < -0.3 is 9.30 Å². The Morgan fingerprint density at radius 1 is 1.46 bits per heavy atom. The highest BCUT2D eigenvalue weighted by atomic mass is 32.2. The van der Waals surface area contributed by atoms with Crippen molar-refractivity contribution in [2.24, 2.45) is 5.92 Å². The minimum Gasteiger partial charge on any atom is -0.494 e. The molecule has 0 aliphatic carbocycles. The van der Waals surface area contributed by atoms with Crippen LogP contribution in [0.5, 0.6) is 5.75 Å².